The zero-order valence-electron chi connectivity index (χ0n) is 16.8. The summed E-state index contributed by atoms with van der Waals surface area (Å²) in [6.07, 6.45) is -2.88. The molecule has 0 radical (unpaired) electrons. The van der Waals surface area contributed by atoms with E-state index in [9.17, 15) is 22.8 Å². The van der Waals surface area contributed by atoms with Crippen LogP contribution in [0.25, 0.3) is 0 Å². The molecule has 0 spiro atoms. The van der Waals surface area contributed by atoms with Gasteiger partial charge in [0, 0.05) is 24.2 Å². The van der Waals surface area contributed by atoms with Crippen LogP contribution in [0.4, 0.5) is 13.2 Å². The van der Waals surface area contributed by atoms with Crippen molar-refractivity contribution in [3.8, 4) is 5.75 Å². The van der Waals surface area contributed by atoms with Gasteiger partial charge < -0.3 is 14.0 Å². The molecule has 0 bridgehead atoms. The molecule has 0 aliphatic carbocycles. The first kappa shape index (κ1) is 23.5. The highest BCUT2D eigenvalue weighted by Crippen LogP contribution is 2.26. The fourth-order valence-corrected chi connectivity index (χ4v) is 4.41. The van der Waals surface area contributed by atoms with Crippen LogP contribution in [0.15, 0.2) is 23.2 Å². The first-order chi connectivity index (χ1) is 14.5. The highest BCUT2D eigenvalue weighted by molar-refractivity contribution is 7.11. The van der Waals surface area contributed by atoms with Gasteiger partial charge in [0.1, 0.15) is 5.75 Å². The first-order valence-corrected chi connectivity index (χ1v) is 10.7. The van der Waals surface area contributed by atoms with Gasteiger partial charge in [-0.25, -0.2) is 0 Å². The summed E-state index contributed by atoms with van der Waals surface area (Å²) in [7, 11) is 0. The van der Waals surface area contributed by atoms with E-state index in [1.807, 2.05) is 0 Å². The Labute approximate surface area is 185 Å². The predicted octanol–water partition coefficient (Wildman–Crippen LogP) is 4.58. The van der Waals surface area contributed by atoms with Gasteiger partial charge in [-0.05, 0) is 38.0 Å². The Morgan fingerprint density at radius 3 is 2.74 bits per heavy atom. The zero-order valence-corrected chi connectivity index (χ0v) is 18.4. The summed E-state index contributed by atoms with van der Waals surface area (Å²) in [5, 5.41) is 0.150. The molecule has 2 aromatic rings. The quantitative estimate of drug-likeness (QED) is 0.572. The number of halogens is 4. The number of ether oxygens (including phenoxy) is 2. The van der Waals surface area contributed by atoms with E-state index in [4.69, 9.17) is 21.1 Å². The van der Waals surface area contributed by atoms with Crippen LogP contribution in [0, 0.1) is 6.92 Å². The van der Waals surface area contributed by atoms with E-state index in [-0.39, 0.29) is 33.0 Å². The highest BCUT2D eigenvalue weighted by atomic mass is 35.5. The number of alkyl halides is 3. The van der Waals surface area contributed by atoms with Gasteiger partial charge in [0.2, 0.25) is 0 Å². The fraction of sp³-hybridized carbons (Fsp3) is 0.450. The number of hydrogen-bond acceptors (Lipinski definition) is 5. The Kier molecular flexibility index (Phi) is 7.23. The van der Waals surface area contributed by atoms with Crippen LogP contribution < -0.4 is 9.54 Å². The van der Waals surface area contributed by atoms with E-state index in [1.165, 1.54) is 25.1 Å². The minimum atomic E-state index is -4.57. The molecule has 1 saturated heterocycles. The van der Waals surface area contributed by atoms with Crippen LogP contribution in [-0.2, 0) is 11.3 Å². The van der Waals surface area contributed by atoms with Crippen LogP contribution in [0.2, 0.25) is 5.02 Å². The average Bonchev–Trinajstić information content (AvgIpc) is 3.30. The van der Waals surface area contributed by atoms with E-state index in [0.717, 1.165) is 24.2 Å². The Balaban J connectivity index is 2.01. The molecule has 3 rings (SSSR count). The number of hydrogen-bond donors (Lipinski definition) is 0. The van der Waals surface area contributed by atoms with Gasteiger partial charge in [0.15, 0.2) is 17.2 Å². The molecule has 2 heterocycles. The van der Waals surface area contributed by atoms with E-state index < -0.39 is 18.7 Å². The second-order valence-corrected chi connectivity index (χ2v) is 8.48. The van der Waals surface area contributed by atoms with Gasteiger partial charge in [-0.15, -0.1) is 0 Å². The van der Waals surface area contributed by atoms with Crippen LogP contribution in [0.5, 0.6) is 5.75 Å². The van der Waals surface area contributed by atoms with Gasteiger partial charge in [-0.3, -0.25) is 9.59 Å². The standard InChI is InChI=1S/C20H20ClF3N2O4S/c1-11-17(12(2)27)31-19(26(11)9-14-4-3-7-29-14)25-18(28)15-8-13(21)5-6-16(15)30-10-20(22,23)24/h5-6,8,14H,3-4,7,9-10H2,1-2H3/t14-/m1/s1. The topological polar surface area (TPSA) is 69.9 Å². The number of carbonyl (C=O) groups is 2. The Morgan fingerprint density at radius 1 is 1.39 bits per heavy atom. The molecule has 1 aromatic heterocycles. The van der Waals surface area contributed by atoms with Gasteiger partial charge in [-0.1, -0.05) is 22.9 Å². The van der Waals surface area contributed by atoms with E-state index >= 15 is 0 Å². The Bertz CT molecular complexity index is 1060. The van der Waals surface area contributed by atoms with Crippen molar-refractivity contribution in [2.24, 2.45) is 4.99 Å². The van der Waals surface area contributed by atoms with E-state index in [1.54, 1.807) is 11.5 Å². The third kappa shape index (κ3) is 5.96. The van der Waals surface area contributed by atoms with Crippen molar-refractivity contribution in [3.63, 3.8) is 0 Å². The van der Waals surface area contributed by atoms with Crippen LogP contribution in [0.1, 0.15) is 45.5 Å². The largest absolute Gasteiger partial charge is 0.483 e. The van der Waals surface area contributed by atoms with Gasteiger partial charge in [0.25, 0.3) is 5.91 Å². The molecule has 0 saturated carbocycles. The first-order valence-electron chi connectivity index (χ1n) is 9.46. The summed E-state index contributed by atoms with van der Waals surface area (Å²) in [6, 6.07) is 3.72. The molecule has 11 heteroatoms. The molecular formula is C20H20ClF3N2O4S. The summed E-state index contributed by atoms with van der Waals surface area (Å²) in [5.74, 6) is -1.27. The maximum Gasteiger partial charge on any atom is 0.422 e. The molecule has 1 aromatic carbocycles. The van der Waals surface area contributed by atoms with Crippen LogP contribution in [0.3, 0.4) is 0 Å². The van der Waals surface area contributed by atoms with E-state index in [2.05, 4.69) is 4.99 Å². The highest BCUT2D eigenvalue weighted by Gasteiger charge is 2.29. The molecule has 168 valence electrons. The SMILES string of the molecule is CC(=O)c1sc(=NC(=O)c2cc(Cl)ccc2OCC(F)(F)F)n(C[C@H]2CCCO2)c1C. The molecule has 31 heavy (non-hydrogen) atoms. The van der Waals surface area contributed by atoms with Crippen molar-refractivity contribution in [2.45, 2.75) is 45.5 Å². The van der Waals surface area contributed by atoms with Gasteiger partial charge in [-0.2, -0.15) is 18.2 Å². The minimum absolute atomic E-state index is 0.0704. The second-order valence-electron chi connectivity index (χ2n) is 7.06. The number of rotatable bonds is 6. The second kappa shape index (κ2) is 9.54. The molecule has 1 fully saturated rings. The van der Waals surface area contributed by atoms with Gasteiger partial charge >= 0.3 is 6.18 Å². The Morgan fingerprint density at radius 2 is 2.13 bits per heavy atom. The number of aromatic nitrogens is 1. The van der Waals surface area contributed by atoms with Crippen molar-refractivity contribution in [1.82, 2.24) is 4.57 Å². The Hall–Kier alpha value is -2.17. The smallest absolute Gasteiger partial charge is 0.422 e. The molecular weight excluding hydrogens is 457 g/mol. The lowest BCUT2D eigenvalue weighted by atomic mass is 10.2. The number of thiazole rings is 1. The molecule has 6 nitrogen and oxygen atoms in total. The number of benzene rings is 1. The summed E-state index contributed by atoms with van der Waals surface area (Å²) in [5.41, 5.74) is 0.454. The lowest BCUT2D eigenvalue weighted by Gasteiger charge is -2.13. The molecule has 1 atom stereocenters. The van der Waals surface area contributed by atoms with Crippen molar-refractivity contribution < 1.29 is 32.2 Å². The monoisotopic (exact) mass is 476 g/mol. The third-order valence-electron chi connectivity index (χ3n) is 4.65. The maximum atomic E-state index is 12.9. The third-order valence-corrected chi connectivity index (χ3v) is 6.16. The van der Waals surface area contributed by atoms with Crippen molar-refractivity contribution in [2.75, 3.05) is 13.2 Å². The molecule has 1 aliphatic heterocycles. The number of nitrogens with zero attached hydrogens (tertiary/aromatic N) is 2. The minimum Gasteiger partial charge on any atom is -0.483 e. The average molecular weight is 477 g/mol. The number of amides is 1. The summed E-state index contributed by atoms with van der Waals surface area (Å²) >= 11 is 6.98. The summed E-state index contributed by atoms with van der Waals surface area (Å²) in [4.78, 5) is 29.7. The fourth-order valence-electron chi connectivity index (χ4n) is 3.20. The maximum absolute atomic E-state index is 12.9. The van der Waals surface area contributed by atoms with Crippen molar-refractivity contribution >= 4 is 34.6 Å². The predicted molar refractivity (Wildman–Crippen MR) is 109 cm³/mol. The van der Waals surface area contributed by atoms with Crippen LogP contribution in [-0.4, -0.2) is 41.8 Å². The molecule has 1 aliphatic rings. The van der Waals surface area contributed by atoms with Crippen molar-refractivity contribution in [1.29, 1.82) is 0 Å². The van der Waals surface area contributed by atoms with Gasteiger partial charge in [0.05, 0.1) is 23.1 Å². The van der Waals surface area contributed by atoms with E-state index in [0.29, 0.717) is 23.7 Å². The zero-order chi connectivity index (χ0) is 22.8. The lowest BCUT2D eigenvalue weighted by Crippen LogP contribution is -2.25. The number of carbonyl (C=O) groups excluding carboxylic acids is 2. The molecule has 0 N–H and O–H groups in total. The normalized spacial score (nSPS) is 17.2. The molecule has 1 amide bonds. The van der Waals surface area contributed by atoms with Crippen LogP contribution >= 0.6 is 22.9 Å². The van der Waals surface area contributed by atoms with Crippen molar-refractivity contribution in [3.05, 3.63) is 44.2 Å². The summed E-state index contributed by atoms with van der Waals surface area (Å²) < 4.78 is 49.9. The number of Topliss-reactive ketones (excluding diaryl/α,β-unsaturated/α-hetero) is 1. The lowest BCUT2D eigenvalue weighted by molar-refractivity contribution is -0.153. The number of ketones is 1. The molecule has 0 unspecified atom stereocenters. The summed E-state index contributed by atoms with van der Waals surface area (Å²) in [6.45, 7) is 2.67.